The lowest BCUT2D eigenvalue weighted by atomic mass is 10.1. The Balaban J connectivity index is 0.000000980. The first-order valence-electron chi connectivity index (χ1n) is 4.97. The van der Waals surface area contributed by atoms with E-state index in [1.807, 2.05) is 12.1 Å². The standard InChI is InChI=1S/C11H16N2.2ClH/c12-10-4-6-11(7-5-10)13-8-2-1-3-9-13;;/h4-7H,1-3,8-9,12H2;2*1H. The molecular formula is C11H18Cl2N2. The molecule has 2 rings (SSSR count). The van der Waals surface area contributed by atoms with Crippen molar-refractivity contribution in [3.8, 4) is 0 Å². The summed E-state index contributed by atoms with van der Waals surface area (Å²) in [6.07, 6.45) is 4.03. The molecule has 0 aromatic heterocycles. The lowest BCUT2D eigenvalue weighted by Gasteiger charge is -2.28. The predicted molar refractivity (Wildman–Crippen MR) is 71.4 cm³/mol. The van der Waals surface area contributed by atoms with Crippen LogP contribution in [0.5, 0.6) is 0 Å². The second kappa shape index (κ2) is 6.81. The average molecular weight is 249 g/mol. The summed E-state index contributed by atoms with van der Waals surface area (Å²) in [5, 5.41) is 0. The molecule has 1 saturated heterocycles. The van der Waals surface area contributed by atoms with E-state index in [0.717, 1.165) is 5.69 Å². The smallest absolute Gasteiger partial charge is 0.0367 e. The van der Waals surface area contributed by atoms with Gasteiger partial charge in [0.2, 0.25) is 0 Å². The first-order valence-corrected chi connectivity index (χ1v) is 4.97. The molecule has 2 N–H and O–H groups in total. The van der Waals surface area contributed by atoms with Gasteiger partial charge in [0.1, 0.15) is 0 Å². The van der Waals surface area contributed by atoms with Crippen molar-refractivity contribution in [2.45, 2.75) is 19.3 Å². The van der Waals surface area contributed by atoms with Crippen LogP contribution in [0.4, 0.5) is 11.4 Å². The average Bonchev–Trinajstić information content (AvgIpc) is 2.20. The molecule has 0 atom stereocenters. The number of nitrogens with two attached hydrogens (primary N) is 1. The van der Waals surface area contributed by atoms with E-state index in [9.17, 15) is 0 Å². The van der Waals surface area contributed by atoms with Gasteiger partial charge in [-0.3, -0.25) is 0 Å². The third-order valence-corrected chi connectivity index (χ3v) is 2.61. The fourth-order valence-corrected chi connectivity index (χ4v) is 1.84. The number of halogens is 2. The molecule has 1 heterocycles. The molecule has 0 spiro atoms. The van der Waals surface area contributed by atoms with Gasteiger partial charge in [0.25, 0.3) is 0 Å². The summed E-state index contributed by atoms with van der Waals surface area (Å²) in [6, 6.07) is 8.18. The summed E-state index contributed by atoms with van der Waals surface area (Å²) in [4.78, 5) is 2.43. The maximum Gasteiger partial charge on any atom is 0.0367 e. The van der Waals surface area contributed by atoms with E-state index in [0.29, 0.717) is 0 Å². The van der Waals surface area contributed by atoms with Crippen molar-refractivity contribution in [1.82, 2.24) is 0 Å². The second-order valence-corrected chi connectivity index (χ2v) is 3.64. The van der Waals surface area contributed by atoms with Gasteiger partial charge in [0.05, 0.1) is 0 Å². The minimum atomic E-state index is 0. The number of benzene rings is 1. The summed E-state index contributed by atoms with van der Waals surface area (Å²) in [5.41, 5.74) is 7.80. The number of hydrogen-bond acceptors (Lipinski definition) is 2. The molecule has 0 amide bonds. The Kier molecular flexibility index (Phi) is 6.53. The van der Waals surface area contributed by atoms with Gasteiger partial charge < -0.3 is 10.6 Å². The highest BCUT2D eigenvalue weighted by Gasteiger charge is 2.09. The van der Waals surface area contributed by atoms with E-state index >= 15 is 0 Å². The Bertz CT molecular complexity index is 268. The largest absolute Gasteiger partial charge is 0.399 e. The van der Waals surface area contributed by atoms with Crippen LogP contribution in [-0.4, -0.2) is 13.1 Å². The van der Waals surface area contributed by atoms with Crippen molar-refractivity contribution in [2.75, 3.05) is 23.7 Å². The van der Waals surface area contributed by atoms with E-state index in [4.69, 9.17) is 5.73 Å². The van der Waals surface area contributed by atoms with Crippen LogP contribution < -0.4 is 10.6 Å². The lowest BCUT2D eigenvalue weighted by Crippen LogP contribution is -2.29. The molecule has 0 aliphatic carbocycles. The molecule has 1 aromatic carbocycles. The Morgan fingerprint density at radius 2 is 1.40 bits per heavy atom. The molecule has 15 heavy (non-hydrogen) atoms. The quantitative estimate of drug-likeness (QED) is 0.775. The number of nitrogen functional groups attached to an aromatic ring is 1. The minimum absolute atomic E-state index is 0. The fourth-order valence-electron chi connectivity index (χ4n) is 1.84. The Morgan fingerprint density at radius 3 is 1.93 bits per heavy atom. The maximum atomic E-state index is 5.64. The van der Waals surface area contributed by atoms with Crippen LogP contribution in [0.3, 0.4) is 0 Å². The Hall–Kier alpha value is -0.600. The summed E-state index contributed by atoms with van der Waals surface area (Å²) in [6.45, 7) is 2.40. The minimum Gasteiger partial charge on any atom is -0.399 e. The highest BCUT2D eigenvalue weighted by Crippen LogP contribution is 2.20. The van der Waals surface area contributed by atoms with Crippen molar-refractivity contribution in [1.29, 1.82) is 0 Å². The van der Waals surface area contributed by atoms with Gasteiger partial charge in [0, 0.05) is 24.5 Å². The van der Waals surface area contributed by atoms with Crippen molar-refractivity contribution in [3.63, 3.8) is 0 Å². The summed E-state index contributed by atoms with van der Waals surface area (Å²) < 4.78 is 0. The second-order valence-electron chi connectivity index (χ2n) is 3.64. The number of rotatable bonds is 1. The van der Waals surface area contributed by atoms with Crippen LogP contribution in [0.2, 0.25) is 0 Å². The molecular weight excluding hydrogens is 231 g/mol. The van der Waals surface area contributed by atoms with Crippen molar-refractivity contribution in [3.05, 3.63) is 24.3 Å². The highest BCUT2D eigenvalue weighted by atomic mass is 35.5. The van der Waals surface area contributed by atoms with Gasteiger partial charge in [-0.25, -0.2) is 0 Å². The molecule has 0 saturated carbocycles. The van der Waals surface area contributed by atoms with E-state index in [1.54, 1.807) is 0 Å². The van der Waals surface area contributed by atoms with Gasteiger partial charge in [-0.05, 0) is 43.5 Å². The molecule has 1 aliphatic rings. The summed E-state index contributed by atoms with van der Waals surface area (Å²) in [5.74, 6) is 0. The fraction of sp³-hybridized carbons (Fsp3) is 0.455. The van der Waals surface area contributed by atoms with Gasteiger partial charge >= 0.3 is 0 Å². The molecule has 0 radical (unpaired) electrons. The van der Waals surface area contributed by atoms with Crippen LogP contribution in [0, 0.1) is 0 Å². The molecule has 0 unspecified atom stereocenters. The lowest BCUT2D eigenvalue weighted by molar-refractivity contribution is 0.578. The van der Waals surface area contributed by atoms with Crippen molar-refractivity contribution in [2.24, 2.45) is 0 Å². The molecule has 2 nitrogen and oxygen atoms in total. The molecule has 4 heteroatoms. The number of anilines is 2. The van der Waals surface area contributed by atoms with Gasteiger partial charge in [0.15, 0.2) is 0 Å². The molecule has 1 aromatic rings. The molecule has 0 bridgehead atoms. The molecule has 1 aliphatic heterocycles. The zero-order valence-electron chi connectivity index (χ0n) is 8.69. The van der Waals surface area contributed by atoms with Crippen LogP contribution in [-0.2, 0) is 0 Å². The first-order chi connectivity index (χ1) is 6.36. The Morgan fingerprint density at radius 1 is 0.867 bits per heavy atom. The van der Waals surface area contributed by atoms with E-state index < -0.39 is 0 Å². The number of nitrogens with zero attached hydrogens (tertiary/aromatic N) is 1. The van der Waals surface area contributed by atoms with Crippen LogP contribution in [0.15, 0.2) is 24.3 Å². The van der Waals surface area contributed by atoms with E-state index in [2.05, 4.69) is 17.0 Å². The van der Waals surface area contributed by atoms with Crippen LogP contribution >= 0.6 is 24.8 Å². The Labute approximate surface area is 104 Å². The SMILES string of the molecule is Cl.Cl.Nc1ccc(N2CCCCC2)cc1. The molecule has 86 valence electrons. The highest BCUT2D eigenvalue weighted by molar-refractivity contribution is 5.85. The normalized spacial score (nSPS) is 15.1. The van der Waals surface area contributed by atoms with Crippen molar-refractivity contribution < 1.29 is 0 Å². The molecule has 1 fully saturated rings. The topological polar surface area (TPSA) is 29.3 Å². The van der Waals surface area contributed by atoms with Gasteiger partial charge in [-0.15, -0.1) is 24.8 Å². The summed E-state index contributed by atoms with van der Waals surface area (Å²) >= 11 is 0. The van der Waals surface area contributed by atoms with Gasteiger partial charge in [-0.1, -0.05) is 0 Å². The third kappa shape index (κ3) is 3.80. The predicted octanol–water partition coefficient (Wildman–Crippen LogP) is 3.10. The number of piperidine rings is 1. The van der Waals surface area contributed by atoms with E-state index in [-0.39, 0.29) is 24.8 Å². The zero-order chi connectivity index (χ0) is 9.10. The van der Waals surface area contributed by atoms with Crippen LogP contribution in [0.1, 0.15) is 19.3 Å². The van der Waals surface area contributed by atoms with Crippen LogP contribution in [0.25, 0.3) is 0 Å². The first kappa shape index (κ1) is 14.4. The van der Waals surface area contributed by atoms with Gasteiger partial charge in [-0.2, -0.15) is 0 Å². The third-order valence-electron chi connectivity index (χ3n) is 2.61. The van der Waals surface area contributed by atoms with E-state index in [1.165, 1.54) is 38.0 Å². The van der Waals surface area contributed by atoms with Crippen molar-refractivity contribution >= 4 is 36.2 Å². The maximum absolute atomic E-state index is 5.64. The summed E-state index contributed by atoms with van der Waals surface area (Å²) in [7, 11) is 0. The zero-order valence-corrected chi connectivity index (χ0v) is 10.3. The monoisotopic (exact) mass is 248 g/mol. The number of hydrogen-bond donors (Lipinski definition) is 1.